The van der Waals surface area contributed by atoms with Crippen molar-refractivity contribution in [2.45, 2.75) is 13.8 Å². The van der Waals surface area contributed by atoms with Crippen molar-refractivity contribution in [3.63, 3.8) is 0 Å². The van der Waals surface area contributed by atoms with E-state index in [0.29, 0.717) is 28.6 Å². The lowest BCUT2D eigenvalue weighted by molar-refractivity contribution is 0.102. The first-order valence-corrected chi connectivity index (χ1v) is 9.93. The zero-order valence-corrected chi connectivity index (χ0v) is 16.7. The normalized spacial score (nSPS) is 11.3. The van der Waals surface area contributed by atoms with Gasteiger partial charge >= 0.3 is 0 Å². The summed E-state index contributed by atoms with van der Waals surface area (Å²) in [6, 6.07) is 11.5. The number of anilines is 2. The van der Waals surface area contributed by atoms with E-state index in [4.69, 9.17) is 9.15 Å². The van der Waals surface area contributed by atoms with Crippen LogP contribution in [0.25, 0.3) is 21.9 Å². The fraction of sp³-hybridized carbons (Fsp3) is 0.238. The Balaban J connectivity index is 1.61. The van der Waals surface area contributed by atoms with Gasteiger partial charge in [-0.25, -0.2) is 4.98 Å². The number of methoxy groups -OCH3 is 1. The lowest BCUT2D eigenvalue weighted by atomic mass is 10.1. The number of ether oxygens (including phenoxy) is 1. The molecule has 4 aromatic rings. The SMILES string of the molecule is COc1cc2c(cc1NC(=O)c1csc(NCC(C)C)n1)oc1ccccc12. The molecule has 4 rings (SSSR count). The van der Waals surface area contributed by atoms with E-state index in [-0.39, 0.29) is 5.91 Å². The van der Waals surface area contributed by atoms with E-state index < -0.39 is 0 Å². The lowest BCUT2D eigenvalue weighted by Crippen LogP contribution is -2.13. The van der Waals surface area contributed by atoms with E-state index in [1.807, 2.05) is 30.3 Å². The van der Waals surface area contributed by atoms with Crippen LogP contribution < -0.4 is 15.4 Å². The first-order chi connectivity index (χ1) is 13.5. The van der Waals surface area contributed by atoms with Gasteiger partial charge in [-0.3, -0.25) is 4.79 Å². The van der Waals surface area contributed by atoms with Crippen molar-refractivity contribution in [2.75, 3.05) is 24.3 Å². The zero-order valence-electron chi connectivity index (χ0n) is 15.9. The molecule has 0 unspecified atom stereocenters. The van der Waals surface area contributed by atoms with Crippen molar-refractivity contribution in [1.29, 1.82) is 0 Å². The fourth-order valence-corrected chi connectivity index (χ4v) is 3.66. The van der Waals surface area contributed by atoms with Gasteiger partial charge in [0.25, 0.3) is 5.91 Å². The minimum absolute atomic E-state index is 0.289. The molecule has 2 heterocycles. The number of nitrogens with one attached hydrogen (secondary N) is 2. The Hall–Kier alpha value is -3.06. The van der Waals surface area contributed by atoms with Crippen LogP contribution in [0.3, 0.4) is 0 Å². The van der Waals surface area contributed by atoms with Crippen LogP contribution in [0, 0.1) is 5.92 Å². The van der Waals surface area contributed by atoms with Gasteiger partial charge in [0, 0.05) is 28.8 Å². The standard InChI is InChI=1S/C21H21N3O3S/c1-12(2)10-22-21-24-16(11-28-21)20(25)23-15-9-18-14(8-19(15)26-3)13-6-4-5-7-17(13)27-18/h4-9,11-12H,10H2,1-3H3,(H,22,24)(H,23,25). The number of carbonyl (C=O) groups is 1. The second-order valence-electron chi connectivity index (χ2n) is 6.91. The number of thiazole rings is 1. The monoisotopic (exact) mass is 395 g/mol. The number of fused-ring (bicyclic) bond motifs is 3. The van der Waals surface area contributed by atoms with Gasteiger partial charge in [-0.1, -0.05) is 32.0 Å². The average molecular weight is 395 g/mol. The summed E-state index contributed by atoms with van der Waals surface area (Å²) in [7, 11) is 1.58. The highest BCUT2D eigenvalue weighted by Gasteiger charge is 2.16. The number of hydrogen-bond donors (Lipinski definition) is 2. The number of amides is 1. The molecule has 28 heavy (non-hydrogen) atoms. The second-order valence-corrected chi connectivity index (χ2v) is 7.77. The molecule has 2 aromatic heterocycles. The number of hydrogen-bond acceptors (Lipinski definition) is 6. The topological polar surface area (TPSA) is 76.4 Å². The third-order valence-electron chi connectivity index (χ3n) is 4.35. The van der Waals surface area contributed by atoms with Crippen LogP contribution in [0.15, 0.2) is 46.2 Å². The van der Waals surface area contributed by atoms with Gasteiger partial charge in [-0.15, -0.1) is 11.3 Å². The van der Waals surface area contributed by atoms with Crippen molar-refractivity contribution in [3.05, 3.63) is 47.5 Å². The Morgan fingerprint density at radius 2 is 2.04 bits per heavy atom. The molecule has 2 N–H and O–H groups in total. The van der Waals surface area contributed by atoms with Gasteiger partial charge in [-0.05, 0) is 18.1 Å². The molecule has 0 spiro atoms. The molecule has 2 aromatic carbocycles. The van der Waals surface area contributed by atoms with Gasteiger partial charge in [0.15, 0.2) is 5.13 Å². The van der Waals surface area contributed by atoms with E-state index >= 15 is 0 Å². The van der Waals surface area contributed by atoms with Crippen molar-refractivity contribution < 1.29 is 13.9 Å². The van der Waals surface area contributed by atoms with E-state index in [1.54, 1.807) is 18.6 Å². The van der Waals surface area contributed by atoms with Crippen LogP contribution in [-0.4, -0.2) is 24.5 Å². The summed E-state index contributed by atoms with van der Waals surface area (Å²) in [5, 5.41) is 10.5. The molecule has 0 saturated carbocycles. The summed E-state index contributed by atoms with van der Waals surface area (Å²) in [6.45, 7) is 5.05. The Kier molecular flexibility index (Phi) is 4.92. The van der Waals surface area contributed by atoms with Gasteiger partial charge < -0.3 is 19.8 Å². The smallest absolute Gasteiger partial charge is 0.275 e. The summed E-state index contributed by atoms with van der Waals surface area (Å²) in [5.74, 6) is 0.782. The number of aromatic nitrogens is 1. The van der Waals surface area contributed by atoms with E-state index in [9.17, 15) is 4.79 Å². The van der Waals surface area contributed by atoms with E-state index in [1.165, 1.54) is 11.3 Å². The summed E-state index contributed by atoms with van der Waals surface area (Å²) in [5.41, 5.74) is 2.39. The van der Waals surface area contributed by atoms with Gasteiger partial charge in [0.1, 0.15) is 22.6 Å². The highest BCUT2D eigenvalue weighted by Crippen LogP contribution is 2.36. The van der Waals surface area contributed by atoms with Crippen LogP contribution in [0.5, 0.6) is 5.75 Å². The molecule has 7 heteroatoms. The quantitative estimate of drug-likeness (QED) is 0.459. The van der Waals surface area contributed by atoms with Gasteiger partial charge in [0.2, 0.25) is 0 Å². The third-order valence-corrected chi connectivity index (χ3v) is 5.15. The number of carbonyl (C=O) groups excluding carboxylic acids is 1. The van der Waals surface area contributed by atoms with Crippen molar-refractivity contribution in [2.24, 2.45) is 5.92 Å². The Bertz CT molecular complexity index is 1150. The molecule has 144 valence electrons. The van der Waals surface area contributed by atoms with Crippen molar-refractivity contribution in [1.82, 2.24) is 4.98 Å². The number of nitrogens with zero attached hydrogens (tertiary/aromatic N) is 1. The molecule has 1 amide bonds. The molecule has 0 radical (unpaired) electrons. The summed E-state index contributed by atoms with van der Waals surface area (Å²) < 4.78 is 11.4. The predicted octanol–water partition coefficient (Wildman–Crippen LogP) is 5.37. The second kappa shape index (κ2) is 7.52. The third kappa shape index (κ3) is 3.53. The Morgan fingerprint density at radius 3 is 2.82 bits per heavy atom. The van der Waals surface area contributed by atoms with Crippen LogP contribution in [0.4, 0.5) is 10.8 Å². The summed E-state index contributed by atoms with van der Waals surface area (Å²) in [4.78, 5) is 17.0. The summed E-state index contributed by atoms with van der Waals surface area (Å²) in [6.07, 6.45) is 0. The minimum atomic E-state index is -0.289. The Morgan fingerprint density at radius 1 is 1.21 bits per heavy atom. The van der Waals surface area contributed by atoms with E-state index in [0.717, 1.165) is 28.0 Å². The number of rotatable bonds is 6. The van der Waals surface area contributed by atoms with Crippen LogP contribution in [0.2, 0.25) is 0 Å². The maximum absolute atomic E-state index is 12.7. The zero-order chi connectivity index (χ0) is 19.7. The number of furan rings is 1. The minimum Gasteiger partial charge on any atom is -0.495 e. The highest BCUT2D eigenvalue weighted by atomic mass is 32.1. The fourth-order valence-electron chi connectivity index (χ4n) is 2.96. The molecule has 0 aliphatic heterocycles. The first-order valence-electron chi connectivity index (χ1n) is 9.05. The predicted molar refractivity (Wildman–Crippen MR) is 114 cm³/mol. The molecule has 0 aliphatic rings. The van der Waals surface area contributed by atoms with Crippen molar-refractivity contribution in [3.8, 4) is 5.75 Å². The highest BCUT2D eigenvalue weighted by molar-refractivity contribution is 7.13. The molecule has 0 fully saturated rings. The molecule has 0 aliphatic carbocycles. The molecule has 0 bridgehead atoms. The van der Waals surface area contributed by atoms with Crippen LogP contribution >= 0.6 is 11.3 Å². The maximum atomic E-state index is 12.7. The largest absolute Gasteiger partial charge is 0.495 e. The lowest BCUT2D eigenvalue weighted by Gasteiger charge is -2.09. The molecule has 0 atom stereocenters. The first kappa shape index (κ1) is 18.3. The number of benzene rings is 2. The van der Waals surface area contributed by atoms with Gasteiger partial charge in [-0.2, -0.15) is 0 Å². The maximum Gasteiger partial charge on any atom is 0.275 e. The molecular formula is C21H21N3O3S. The van der Waals surface area contributed by atoms with Crippen LogP contribution in [-0.2, 0) is 0 Å². The molecule has 6 nitrogen and oxygen atoms in total. The number of para-hydroxylation sites is 1. The van der Waals surface area contributed by atoms with E-state index in [2.05, 4.69) is 29.5 Å². The molecular weight excluding hydrogens is 374 g/mol. The average Bonchev–Trinajstić information content (AvgIpc) is 3.30. The van der Waals surface area contributed by atoms with Crippen molar-refractivity contribution >= 4 is 50.0 Å². The molecule has 0 saturated heterocycles. The van der Waals surface area contributed by atoms with Crippen LogP contribution in [0.1, 0.15) is 24.3 Å². The Labute approximate surface area is 166 Å². The summed E-state index contributed by atoms with van der Waals surface area (Å²) >= 11 is 1.41. The van der Waals surface area contributed by atoms with Gasteiger partial charge in [0.05, 0.1) is 12.8 Å².